The fourth-order valence-corrected chi connectivity index (χ4v) is 3.65. The molecule has 1 aromatic heterocycles. The number of carbonyl (C=O) groups is 2. The molecule has 148 valence electrons. The number of aryl methyl sites for hydroxylation is 1. The van der Waals surface area contributed by atoms with Crippen molar-refractivity contribution in [3.05, 3.63) is 29.6 Å². The summed E-state index contributed by atoms with van der Waals surface area (Å²) in [5.74, 6) is 1.18. The first kappa shape index (κ1) is 18.4. The van der Waals surface area contributed by atoms with Crippen LogP contribution in [0.25, 0.3) is 0 Å². The van der Waals surface area contributed by atoms with E-state index in [1.54, 1.807) is 23.9 Å². The Kier molecular flexibility index (Phi) is 4.99. The Balaban J connectivity index is 1.53. The smallest absolute Gasteiger partial charge is 0.258 e. The molecule has 0 unspecified atom stereocenters. The number of nitrogens with zero attached hydrogens (tertiary/aromatic N) is 4. The lowest BCUT2D eigenvalue weighted by atomic mass is 9.98. The predicted octanol–water partition coefficient (Wildman–Crippen LogP) is 1.31. The van der Waals surface area contributed by atoms with E-state index in [0.29, 0.717) is 36.1 Å². The number of amides is 2. The van der Waals surface area contributed by atoms with Gasteiger partial charge in [-0.1, -0.05) is 0 Å². The second-order valence-corrected chi connectivity index (χ2v) is 7.35. The van der Waals surface area contributed by atoms with E-state index in [0.717, 1.165) is 37.4 Å². The summed E-state index contributed by atoms with van der Waals surface area (Å²) in [5, 5.41) is 13.5. The van der Waals surface area contributed by atoms with E-state index in [4.69, 9.17) is 0 Å². The number of aromatic nitrogens is 3. The van der Waals surface area contributed by atoms with E-state index in [1.807, 2.05) is 18.0 Å². The van der Waals surface area contributed by atoms with Crippen molar-refractivity contribution in [3.63, 3.8) is 0 Å². The van der Waals surface area contributed by atoms with Crippen molar-refractivity contribution in [2.75, 3.05) is 42.2 Å². The number of hydrogen-bond acceptors (Lipinski definition) is 6. The van der Waals surface area contributed by atoms with Crippen molar-refractivity contribution in [3.8, 4) is 0 Å². The Morgan fingerprint density at radius 2 is 2.04 bits per heavy atom. The van der Waals surface area contributed by atoms with Gasteiger partial charge in [0.05, 0.1) is 11.4 Å². The summed E-state index contributed by atoms with van der Waals surface area (Å²) >= 11 is 0. The molecule has 0 saturated carbocycles. The van der Waals surface area contributed by atoms with E-state index < -0.39 is 0 Å². The van der Waals surface area contributed by atoms with Crippen LogP contribution in [0.2, 0.25) is 0 Å². The third kappa shape index (κ3) is 3.70. The van der Waals surface area contributed by atoms with Crippen molar-refractivity contribution in [1.29, 1.82) is 0 Å². The topological polar surface area (TPSA) is 104 Å². The first-order chi connectivity index (χ1) is 13.5. The average Bonchev–Trinajstić information content (AvgIpc) is 2.99. The molecule has 4 rings (SSSR count). The molecule has 3 N–H and O–H groups in total. The first-order valence-electron chi connectivity index (χ1n) is 9.59. The number of hydrogen-bond donors (Lipinski definition) is 3. The SMILES string of the molecule is CN1CCC(=O)Nc2cc(C(=O)Nc3nc(C4CCNCC4)nn3C)ccc21. The second-order valence-electron chi connectivity index (χ2n) is 7.35. The van der Waals surface area contributed by atoms with Gasteiger partial charge >= 0.3 is 0 Å². The molecular weight excluding hydrogens is 358 g/mol. The number of piperidine rings is 1. The molecule has 0 atom stereocenters. The van der Waals surface area contributed by atoms with Crippen LogP contribution in [-0.2, 0) is 11.8 Å². The molecule has 2 amide bonds. The molecule has 0 bridgehead atoms. The third-order valence-electron chi connectivity index (χ3n) is 5.33. The van der Waals surface area contributed by atoms with E-state index in [2.05, 4.69) is 26.0 Å². The molecule has 0 spiro atoms. The maximum absolute atomic E-state index is 12.8. The van der Waals surface area contributed by atoms with Gasteiger partial charge < -0.3 is 15.5 Å². The summed E-state index contributed by atoms with van der Waals surface area (Å²) < 4.78 is 1.61. The number of nitrogens with one attached hydrogen (secondary N) is 3. The summed E-state index contributed by atoms with van der Waals surface area (Å²) in [6.45, 7) is 2.56. The van der Waals surface area contributed by atoms with Crippen molar-refractivity contribution in [2.45, 2.75) is 25.2 Å². The minimum Gasteiger partial charge on any atom is -0.372 e. The highest BCUT2D eigenvalue weighted by molar-refractivity contribution is 6.06. The van der Waals surface area contributed by atoms with Gasteiger partial charge in [-0.15, -0.1) is 0 Å². The number of rotatable bonds is 3. The fraction of sp³-hybridized carbons (Fsp3) is 0.474. The molecule has 2 aromatic rings. The lowest BCUT2D eigenvalue weighted by molar-refractivity contribution is -0.115. The third-order valence-corrected chi connectivity index (χ3v) is 5.33. The number of carbonyl (C=O) groups excluding carboxylic acids is 2. The zero-order valence-corrected chi connectivity index (χ0v) is 16.2. The van der Waals surface area contributed by atoms with Crippen LogP contribution in [0.3, 0.4) is 0 Å². The van der Waals surface area contributed by atoms with Crippen LogP contribution in [-0.4, -0.2) is 53.3 Å². The second kappa shape index (κ2) is 7.59. The predicted molar refractivity (Wildman–Crippen MR) is 107 cm³/mol. The maximum Gasteiger partial charge on any atom is 0.258 e. The molecule has 3 heterocycles. The molecule has 9 nitrogen and oxygen atoms in total. The lowest BCUT2D eigenvalue weighted by Gasteiger charge is -2.19. The zero-order chi connectivity index (χ0) is 19.7. The molecule has 2 aliphatic heterocycles. The standard InChI is InChI=1S/C19H25N7O2/c1-25-10-7-16(27)21-14-11-13(3-4-15(14)25)18(28)23-19-22-17(24-26(19)2)12-5-8-20-9-6-12/h3-4,11-12,20H,5-10H2,1-2H3,(H,21,27)(H,22,23,24,28). The van der Waals surface area contributed by atoms with Gasteiger partial charge in [-0.05, 0) is 44.1 Å². The number of anilines is 3. The van der Waals surface area contributed by atoms with Gasteiger partial charge in [0, 0.05) is 38.5 Å². The monoisotopic (exact) mass is 383 g/mol. The Morgan fingerprint density at radius 1 is 1.25 bits per heavy atom. The van der Waals surface area contributed by atoms with E-state index in [1.165, 1.54) is 0 Å². The van der Waals surface area contributed by atoms with Crippen molar-refractivity contribution >= 4 is 29.1 Å². The first-order valence-corrected chi connectivity index (χ1v) is 9.59. The minimum absolute atomic E-state index is 0.0527. The Morgan fingerprint density at radius 3 is 2.82 bits per heavy atom. The largest absolute Gasteiger partial charge is 0.372 e. The molecule has 1 fully saturated rings. The highest BCUT2D eigenvalue weighted by atomic mass is 16.2. The molecule has 2 aliphatic rings. The Hall–Kier alpha value is -2.94. The van der Waals surface area contributed by atoms with Crippen LogP contribution in [0, 0.1) is 0 Å². The molecule has 0 radical (unpaired) electrons. The fourth-order valence-electron chi connectivity index (χ4n) is 3.65. The van der Waals surface area contributed by atoms with Gasteiger partial charge in [0.1, 0.15) is 0 Å². The number of benzene rings is 1. The summed E-state index contributed by atoms with van der Waals surface area (Å²) in [4.78, 5) is 31.2. The molecule has 0 aliphatic carbocycles. The van der Waals surface area contributed by atoms with Crippen molar-refractivity contribution in [2.24, 2.45) is 7.05 Å². The molecule has 1 aromatic carbocycles. The molecular formula is C19H25N7O2. The van der Waals surface area contributed by atoms with E-state index in [9.17, 15) is 9.59 Å². The van der Waals surface area contributed by atoms with Crippen LogP contribution >= 0.6 is 0 Å². The van der Waals surface area contributed by atoms with Gasteiger partial charge in [0.2, 0.25) is 11.9 Å². The van der Waals surface area contributed by atoms with Crippen molar-refractivity contribution < 1.29 is 9.59 Å². The van der Waals surface area contributed by atoms with Gasteiger partial charge in [0.25, 0.3) is 5.91 Å². The van der Waals surface area contributed by atoms with Crippen LogP contribution in [0.4, 0.5) is 17.3 Å². The zero-order valence-electron chi connectivity index (χ0n) is 16.2. The molecule has 28 heavy (non-hydrogen) atoms. The van der Waals surface area contributed by atoms with Crippen LogP contribution < -0.4 is 20.9 Å². The van der Waals surface area contributed by atoms with Crippen molar-refractivity contribution in [1.82, 2.24) is 20.1 Å². The highest BCUT2D eigenvalue weighted by Gasteiger charge is 2.22. The summed E-state index contributed by atoms with van der Waals surface area (Å²) in [6.07, 6.45) is 2.41. The Bertz CT molecular complexity index is 902. The quantitative estimate of drug-likeness (QED) is 0.738. The summed E-state index contributed by atoms with van der Waals surface area (Å²) in [7, 11) is 3.71. The van der Waals surface area contributed by atoms with Gasteiger partial charge in [-0.3, -0.25) is 14.9 Å². The van der Waals surface area contributed by atoms with Gasteiger partial charge in [0.15, 0.2) is 5.82 Å². The van der Waals surface area contributed by atoms with Crippen LogP contribution in [0.1, 0.15) is 41.4 Å². The van der Waals surface area contributed by atoms with E-state index >= 15 is 0 Å². The van der Waals surface area contributed by atoms with Gasteiger partial charge in [-0.2, -0.15) is 10.1 Å². The molecule has 9 heteroatoms. The average molecular weight is 383 g/mol. The minimum atomic E-state index is -0.281. The summed E-state index contributed by atoms with van der Waals surface area (Å²) in [6, 6.07) is 5.31. The normalized spacial score (nSPS) is 17.6. The van der Waals surface area contributed by atoms with Crippen LogP contribution in [0.15, 0.2) is 18.2 Å². The van der Waals surface area contributed by atoms with E-state index in [-0.39, 0.29) is 11.8 Å². The molecule has 1 saturated heterocycles. The summed E-state index contributed by atoms with van der Waals surface area (Å²) in [5.41, 5.74) is 2.00. The maximum atomic E-state index is 12.8. The lowest BCUT2D eigenvalue weighted by Crippen LogP contribution is -2.27. The highest BCUT2D eigenvalue weighted by Crippen LogP contribution is 2.29. The number of fused-ring (bicyclic) bond motifs is 1. The Labute approximate surface area is 163 Å². The van der Waals surface area contributed by atoms with Crippen LogP contribution in [0.5, 0.6) is 0 Å². The van der Waals surface area contributed by atoms with Gasteiger partial charge in [-0.25, -0.2) is 4.68 Å².